The van der Waals surface area contributed by atoms with Gasteiger partial charge in [-0.3, -0.25) is 4.79 Å². The normalized spacial score (nSPS) is 9.85. The highest BCUT2D eigenvalue weighted by molar-refractivity contribution is 6.30. The lowest BCUT2D eigenvalue weighted by Gasteiger charge is -2.18. The first kappa shape index (κ1) is 14.1. The maximum Gasteiger partial charge on any atom is 0.182 e. The number of Topliss-reactive ketones (excluding diaryl/α,β-unsaturated/α-hetero) is 1. The van der Waals surface area contributed by atoms with Crippen LogP contribution in [0.4, 0.5) is 5.69 Å². The van der Waals surface area contributed by atoms with E-state index >= 15 is 0 Å². The fraction of sp³-hybridized carbons (Fsp3) is 0.125. The van der Waals surface area contributed by atoms with Crippen LogP contribution in [0, 0.1) is 11.3 Å². The van der Waals surface area contributed by atoms with Gasteiger partial charge in [-0.2, -0.15) is 5.26 Å². The van der Waals surface area contributed by atoms with Crippen molar-refractivity contribution in [3.05, 3.63) is 64.7 Å². The molecule has 2 aromatic rings. The van der Waals surface area contributed by atoms with Crippen molar-refractivity contribution < 1.29 is 4.79 Å². The number of rotatable bonds is 4. The quantitative estimate of drug-likeness (QED) is 0.807. The van der Waals surface area contributed by atoms with Gasteiger partial charge in [0.25, 0.3) is 0 Å². The predicted molar refractivity (Wildman–Crippen MR) is 80.2 cm³/mol. The second kappa shape index (κ2) is 6.23. The Kier molecular flexibility index (Phi) is 4.39. The van der Waals surface area contributed by atoms with Crippen LogP contribution in [0.25, 0.3) is 0 Å². The first-order valence-electron chi connectivity index (χ1n) is 6.10. The number of halogens is 1. The second-order valence-corrected chi connectivity index (χ2v) is 4.88. The molecule has 100 valence electrons. The summed E-state index contributed by atoms with van der Waals surface area (Å²) in [7, 11) is 1.82. The zero-order valence-electron chi connectivity index (χ0n) is 11.0. The fourth-order valence-corrected chi connectivity index (χ4v) is 1.97. The van der Waals surface area contributed by atoms with Gasteiger partial charge in [-0.1, -0.05) is 17.7 Å². The zero-order chi connectivity index (χ0) is 14.5. The van der Waals surface area contributed by atoms with E-state index in [9.17, 15) is 4.79 Å². The molecule has 0 fully saturated rings. The molecule has 0 saturated carbocycles. The highest BCUT2D eigenvalue weighted by Crippen LogP contribution is 2.16. The van der Waals surface area contributed by atoms with Gasteiger partial charge in [0.2, 0.25) is 0 Å². The highest BCUT2D eigenvalue weighted by atomic mass is 35.5. The van der Waals surface area contributed by atoms with Crippen molar-refractivity contribution in [2.75, 3.05) is 18.5 Å². The number of nitrogens with zero attached hydrogens (tertiary/aromatic N) is 2. The molecule has 0 saturated heterocycles. The van der Waals surface area contributed by atoms with Gasteiger partial charge >= 0.3 is 0 Å². The van der Waals surface area contributed by atoms with Crippen molar-refractivity contribution in [2.24, 2.45) is 0 Å². The van der Waals surface area contributed by atoms with E-state index in [1.54, 1.807) is 42.5 Å². The topological polar surface area (TPSA) is 44.1 Å². The fourth-order valence-electron chi connectivity index (χ4n) is 1.85. The van der Waals surface area contributed by atoms with Gasteiger partial charge in [-0.15, -0.1) is 0 Å². The standard InChI is InChI=1S/C16H13ClN2O/c1-19(15-4-2-3-12(9-15)10-18)11-16(20)13-5-7-14(17)8-6-13/h2-9H,11H2,1H3. The van der Waals surface area contributed by atoms with Crippen LogP contribution in [0.1, 0.15) is 15.9 Å². The SMILES string of the molecule is CN(CC(=O)c1ccc(Cl)cc1)c1cccc(C#N)c1. The van der Waals surface area contributed by atoms with Crippen LogP contribution in [-0.4, -0.2) is 19.4 Å². The summed E-state index contributed by atoms with van der Waals surface area (Å²) in [6.07, 6.45) is 0. The van der Waals surface area contributed by atoms with E-state index in [4.69, 9.17) is 16.9 Å². The number of benzene rings is 2. The van der Waals surface area contributed by atoms with Gasteiger partial charge in [-0.05, 0) is 42.5 Å². The lowest BCUT2D eigenvalue weighted by Crippen LogP contribution is -2.25. The largest absolute Gasteiger partial charge is 0.367 e. The third kappa shape index (κ3) is 3.37. The number of nitriles is 1. The van der Waals surface area contributed by atoms with Crippen LogP contribution in [-0.2, 0) is 0 Å². The molecule has 0 spiro atoms. The third-order valence-corrected chi connectivity index (χ3v) is 3.21. The molecular formula is C16H13ClN2O. The molecule has 0 amide bonds. The first-order valence-corrected chi connectivity index (χ1v) is 6.48. The molecule has 0 aliphatic rings. The number of likely N-dealkylation sites (N-methyl/N-ethyl adjacent to an activating group) is 1. The zero-order valence-corrected chi connectivity index (χ0v) is 11.8. The average molecular weight is 285 g/mol. The summed E-state index contributed by atoms with van der Waals surface area (Å²) in [5.41, 5.74) is 2.04. The van der Waals surface area contributed by atoms with Crippen molar-refractivity contribution >= 4 is 23.1 Å². The highest BCUT2D eigenvalue weighted by Gasteiger charge is 2.10. The molecule has 0 N–H and O–H groups in total. The van der Waals surface area contributed by atoms with E-state index in [-0.39, 0.29) is 12.3 Å². The molecule has 0 heterocycles. The molecular weight excluding hydrogens is 272 g/mol. The average Bonchev–Trinajstić information content (AvgIpc) is 2.47. The van der Waals surface area contributed by atoms with Gasteiger partial charge in [-0.25, -0.2) is 0 Å². The third-order valence-electron chi connectivity index (χ3n) is 2.96. The number of hydrogen-bond acceptors (Lipinski definition) is 3. The van der Waals surface area contributed by atoms with Gasteiger partial charge in [0.15, 0.2) is 5.78 Å². The summed E-state index contributed by atoms with van der Waals surface area (Å²) in [5, 5.41) is 9.49. The first-order chi connectivity index (χ1) is 9.60. The Hall–Kier alpha value is -2.31. The molecule has 0 aromatic heterocycles. The van der Waals surface area contributed by atoms with Crippen molar-refractivity contribution in [1.82, 2.24) is 0 Å². The van der Waals surface area contributed by atoms with Gasteiger partial charge in [0.1, 0.15) is 0 Å². The molecule has 0 radical (unpaired) electrons. The minimum Gasteiger partial charge on any atom is -0.367 e. The smallest absolute Gasteiger partial charge is 0.182 e. The Labute approximate surface area is 123 Å². The summed E-state index contributed by atoms with van der Waals surface area (Å²) in [4.78, 5) is 14.0. The Morgan fingerprint density at radius 1 is 1.25 bits per heavy atom. The van der Waals surface area contributed by atoms with Crippen molar-refractivity contribution in [1.29, 1.82) is 5.26 Å². The van der Waals surface area contributed by atoms with Crippen molar-refractivity contribution in [3.63, 3.8) is 0 Å². The summed E-state index contributed by atoms with van der Waals surface area (Å²) in [6, 6.07) is 16.1. The second-order valence-electron chi connectivity index (χ2n) is 4.45. The molecule has 3 nitrogen and oxygen atoms in total. The van der Waals surface area contributed by atoms with E-state index in [1.165, 1.54) is 0 Å². The lowest BCUT2D eigenvalue weighted by molar-refractivity contribution is 0.100. The summed E-state index contributed by atoms with van der Waals surface area (Å²) >= 11 is 5.80. The monoisotopic (exact) mass is 284 g/mol. The Morgan fingerprint density at radius 3 is 2.60 bits per heavy atom. The van der Waals surface area contributed by atoms with Gasteiger partial charge in [0, 0.05) is 23.3 Å². The molecule has 20 heavy (non-hydrogen) atoms. The number of carbonyl (C=O) groups is 1. The van der Waals surface area contributed by atoms with Crippen LogP contribution in [0.2, 0.25) is 5.02 Å². The molecule has 2 aromatic carbocycles. The van der Waals surface area contributed by atoms with E-state index < -0.39 is 0 Å². The summed E-state index contributed by atoms with van der Waals surface area (Å²) in [6.45, 7) is 0.247. The molecule has 2 rings (SSSR count). The molecule has 0 aliphatic heterocycles. The predicted octanol–water partition coefficient (Wildman–Crippen LogP) is 3.53. The molecule has 0 aliphatic carbocycles. The molecule has 0 atom stereocenters. The van der Waals surface area contributed by atoms with E-state index in [2.05, 4.69) is 6.07 Å². The number of hydrogen-bond donors (Lipinski definition) is 0. The van der Waals surface area contributed by atoms with E-state index in [0.717, 1.165) is 5.69 Å². The van der Waals surface area contributed by atoms with Crippen LogP contribution in [0.3, 0.4) is 0 Å². The maximum atomic E-state index is 12.1. The number of carbonyl (C=O) groups excluding carboxylic acids is 1. The van der Waals surface area contributed by atoms with Crippen LogP contribution in [0.5, 0.6) is 0 Å². The van der Waals surface area contributed by atoms with Gasteiger partial charge in [0.05, 0.1) is 18.2 Å². The molecule has 0 bridgehead atoms. The minimum atomic E-state index is 0.00604. The van der Waals surface area contributed by atoms with Gasteiger partial charge < -0.3 is 4.90 Å². The van der Waals surface area contributed by atoms with Crippen molar-refractivity contribution in [3.8, 4) is 6.07 Å². The Balaban J connectivity index is 2.11. The van der Waals surface area contributed by atoms with E-state index in [0.29, 0.717) is 16.1 Å². The maximum absolute atomic E-state index is 12.1. The minimum absolute atomic E-state index is 0.00604. The summed E-state index contributed by atoms with van der Waals surface area (Å²) in [5.74, 6) is 0.00604. The Morgan fingerprint density at radius 2 is 1.95 bits per heavy atom. The number of ketones is 1. The lowest BCUT2D eigenvalue weighted by atomic mass is 10.1. The summed E-state index contributed by atoms with van der Waals surface area (Å²) < 4.78 is 0. The Bertz CT molecular complexity index is 659. The van der Waals surface area contributed by atoms with Crippen LogP contribution < -0.4 is 4.90 Å². The van der Waals surface area contributed by atoms with Crippen LogP contribution in [0.15, 0.2) is 48.5 Å². The number of anilines is 1. The van der Waals surface area contributed by atoms with Crippen molar-refractivity contribution in [2.45, 2.75) is 0 Å². The van der Waals surface area contributed by atoms with E-state index in [1.807, 2.05) is 18.0 Å². The molecule has 4 heteroatoms. The molecule has 0 unspecified atom stereocenters. The van der Waals surface area contributed by atoms with Crippen LogP contribution >= 0.6 is 11.6 Å².